The highest BCUT2D eigenvalue weighted by molar-refractivity contribution is 5.91. The van der Waals surface area contributed by atoms with Crippen LogP contribution in [0.5, 0.6) is 0 Å². The Morgan fingerprint density at radius 2 is 1.77 bits per heavy atom. The minimum Gasteiger partial charge on any atom is -0.481 e. The molecular weight excluding hydrogens is 388 g/mol. The Labute approximate surface area is 187 Å². The molecule has 1 unspecified atom stereocenters. The number of hydrogen-bond acceptors (Lipinski definition) is 3. The highest BCUT2D eigenvalue weighted by Gasteiger charge is 2.64. The molecule has 4 aliphatic rings. The summed E-state index contributed by atoms with van der Waals surface area (Å²) in [6.45, 7) is 8.75. The second-order valence-corrected chi connectivity index (χ2v) is 12.0. The second-order valence-electron chi connectivity index (χ2n) is 12.0. The summed E-state index contributed by atoms with van der Waals surface area (Å²) in [5.74, 6) is 1.34. The van der Waals surface area contributed by atoms with Crippen molar-refractivity contribution in [3.63, 3.8) is 0 Å². The fraction of sp³-hybridized carbons (Fsp3) is 0.852. The van der Waals surface area contributed by atoms with Crippen molar-refractivity contribution >= 4 is 11.8 Å². The van der Waals surface area contributed by atoms with Crippen LogP contribution in [0.15, 0.2) is 11.6 Å². The smallest absolute Gasteiger partial charge is 0.306 e. The van der Waals surface area contributed by atoms with Gasteiger partial charge in [0.2, 0.25) is 0 Å². The van der Waals surface area contributed by atoms with Crippen LogP contribution in [0.4, 0.5) is 0 Å². The Kier molecular flexibility index (Phi) is 5.94. The molecule has 4 aliphatic carbocycles. The standard InChI is InChI=1S/C27H42O4/c1-17(24(29)30)6-5-7-18(2)27(31)15-12-23-21-9-8-19-16-20(28)10-13-25(19,3)22(21)11-14-26(23,27)4/h16-18,21-23,31H,5-15H2,1-4H3,(H,29,30)/t17?,18-,21-,22+,23+,25+,26+,27+/m1/s1. The second kappa shape index (κ2) is 8.01. The summed E-state index contributed by atoms with van der Waals surface area (Å²) < 4.78 is 0. The summed E-state index contributed by atoms with van der Waals surface area (Å²) in [5.41, 5.74) is 0.892. The van der Waals surface area contributed by atoms with Crippen LogP contribution in [-0.2, 0) is 9.59 Å². The van der Waals surface area contributed by atoms with E-state index in [0.29, 0.717) is 36.4 Å². The van der Waals surface area contributed by atoms with Crippen molar-refractivity contribution in [2.75, 3.05) is 0 Å². The fourth-order valence-electron chi connectivity index (χ4n) is 8.51. The van der Waals surface area contributed by atoms with Crippen LogP contribution >= 0.6 is 0 Å². The average Bonchev–Trinajstić information content (AvgIpc) is 3.00. The van der Waals surface area contributed by atoms with Gasteiger partial charge in [-0.2, -0.15) is 0 Å². The molecule has 8 atom stereocenters. The number of ketones is 1. The summed E-state index contributed by atoms with van der Waals surface area (Å²) in [6.07, 6.45) is 12.6. The van der Waals surface area contributed by atoms with Gasteiger partial charge in [-0.25, -0.2) is 0 Å². The third-order valence-corrected chi connectivity index (χ3v) is 10.7. The summed E-state index contributed by atoms with van der Waals surface area (Å²) in [4.78, 5) is 23.2. The van der Waals surface area contributed by atoms with Gasteiger partial charge in [-0.05, 0) is 98.4 Å². The maximum absolute atomic E-state index is 12.0. The number of carbonyl (C=O) groups excluding carboxylic acids is 1. The molecule has 0 aliphatic heterocycles. The van der Waals surface area contributed by atoms with Crippen LogP contribution < -0.4 is 0 Å². The molecule has 4 rings (SSSR count). The lowest BCUT2D eigenvalue weighted by Crippen LogP contribution is -2.56. The molecule has 0 aromatic carbocycles. The summed E-state index contributed by atoms with van der Waals surface area (Å²) in [6, 6.07) is 0. The molecule has 0 amide bonds. The third kappa shape index (κ3) is 3.52. The minimum absolute atomic E-state index is 0.0476. The monoisotopic (exact) mass is 430 g/mol. The van der Waals surface area contributed by atoms with Crippen molar-refractivity contribution < 1.29 is 19.8 Å². The predicted octanol–water partition coefficient (Wildman–Crippen LogP) is 5.78. The first kappa shape index (κ1) is 23.0. The van der Waals surface area contributed by atoms with Crippen molar-refractivity contribution in [3.8, 4) is 0 Å². The number of hydrogen-bond donors (Lipinski definition) is 2. The Balaban J connectivity index is 1.49. The summed E-state index contributed by atoms with van der Waals surface area (Å²) in [7, 11) is 0. The van der Waals surface area contributed by atoms with Gasteiger partial charge in [0.25, 0.3) is 0 Å². The number of carboxylic acids is 1. The summed E-state index contributed by atoms with van der Waals surface area (Å²) >= 11 is 0. The average molecular weight is 431 g/mol. The Morgan fingerprint density at radius 3 is 2.48 bits per heavy atom. The topological polar surface area (TPSA) is 74.6 Å². The van der Waals surface area contributed by atoms with Crippen LogP contribution in [-0.4, -0.2) is 27.6 Å². The Hall–Kier alpha value is -1.16. The number of allylic oxidation sites excluding steroid dienone is 1. The van der Waals surface area contributed by atoms with E-state index >= 15 is 0 Å². The molecule has 0 heterocycles. The molecule has 0 bridgehead atoms. The maximum atomic E-state index is 12.0. The first-order valence-electron chi connectivity index (χ1n) is 12.7. The molecule has 3 fully saturated rings. The van der Waals surface area contributed by atoms with Gasteiger partial charge in [0.05, 0.1) is 11.5 Å². The lowest BCUT2D eigenvalue weighted by Gasteiger charge is -2.60. The predicted molar refractivity (Wildman–Crippen MR) is 121 cm³/mol. The molecule has 0 aromatic heterocycles. The van der Waals surface area contributed by atoms with E-state index in [1.807, 2.05) is 6.08 Å². The van der Waals surface area contributed by atoms with Crippen LogP contribution in [0.1, 0.15) is 98.3 Å². The molecule has 2 N–H and O–H groups in total. The van der Waals surface area contributed by atoms with Crippen molar-refractivity contribution in [3.05, 3.63) is 11.6 Å². The lowest BCUT2D eigenvalue weighted by atomic mass is 9.46. The van der Waals surface area contributed by atoms with E-state index in [9.17, 15) is 14.7 Å². The molecule has 4 nitrogen and oxygen atoms in total. The van der Waals surface area contributed by atoms with E-state index in [1.54, 1.807) is 6.92 Å². The molecule has 0 radical (unpaired) electrons. The van der Waals surface area contributed by atoms with E-state index in [4.69, 9.17) is 5.11 Å². The lowest BCUT2D eigenvalue weighted by molar-refractivity contribution is -0.153. The van der Waals surface area contributed by atoms with Gasteiger partial charge in [0.1, 0.15) is 0 Å². The Bertz CT molecular complexity index is 771. The number of rotatable bonds is 6. The third-order valence-electron chi connectivity index (χ3n) is 10.7. The van der Waals surface area contributed by atoms with E-state index in [0.717, 1.165) is 51.4 Å². The van der Waals surface area contributed by atoms with E-state index in [2.05, 4.69) is 20.8 Å². The molecule has 0 saturated heterocycles. The number of aliphatic hydroxyl groups is 1. The van der Waals surface area contributed by atoms with Crippen LogP contribution in [0, 0.1) is 40.4 Å². The number of aliphatic carboxylic acids is 1. The minimum atomic E-state index is -0.721. The zero-order chi connectivity index (χ0) is 22.6. The van der Waals surface area contributed by atoms with E-state index in [-0.39, 0.29) is 22.7 Å². The zero-order valence-corrected chi connectivity index (χ0v) is 20.0. The highest BCUT2D eigenvalue weighted by Crippen LogP contribution is 2.68. The van der Waals surface area contributed by atoms with Crippen LogP contribution in [0.25, 0.3) is 0 Å². The molecule has 3 saturated carbocycles. The first-order chi connectivity index (χ1) is 14.5. The largest absolute Gasteiger partial charge is 0.481 e. The summed E-state index contributed by atoms with van der Waals surface area (Å²) in [5, 5.41) is 21.2. The van der Waals surface area contributed by atoms with Gasteiger partial charge in [-0.1, -0.05) is 39.7 Å². The highest BCUT2D eigenvalue weighted by atomic mass is 16.4. The fourth-order valence-corrected chi connectivity index (χ4v) is 8.51. The quantitative estimate of drug-likeness (QED) is 0.560. The molecule has 4 heteroatoms. The number of carboxylic acid groups (broad SMARTS) is 1. The Morgan fingerprint density at radius 1 is 1.06 bits per heavy atom. The number of carbonyl (C=O) groups is 2. The van der Waals surface area contributed by atoms with Gasteiger partial charge in [0, 0.05) is 6.42 Å². The zero-order valence-electron chi connectivity index (χ0n) is 20.0. The molecule has 174 valence electrons. The van der Waals surface area contributed by atoms with E-state index < -0.39 is 11.6 Å². The van der Waals surface area contributed by atoms with Gasteiger partial charge in [-0.3, -0.25) is 9.59 Å². The first-order valence-corrected chi connectivity index (χ1v) is 12.7. The van der Waals surface area contributed by atoms with Gasteiger partial charge in [-0.15, -0.1) is 0 Å². The van der Waals surface area contributed by atoms with Crippen molar-refractivity contribution in [1.82, 2.24) is 0 Å². The maximum Gasteiger partial charge on any atom is 0.306 e. The van der Waals surface area contributed by atoms with Crippen molar-refractivity contribution in [2.24, 2.45) is 40.4 Å². The molecule has 0 aromatic rings. The normalized spacial score (nSPS) is 44.0. The van der Waals surface area contributed by atoms with Crippen molar-refractivity contribution in [2.45, 2.75) is 104 Å². The molecular formula is C27H42O4. The van der Waals surface area contributed by atoms with Crippen molar-refractivity contribution in [1.29, 1.82) is 0 Å². The van der Waals surface area contributed by atoms with Crippen LogP contribution in [0.2, 0.25) is 0 Å². The van der Waals surface area contributed by atoms with Gasteiger partial charge in [0.15, 0.2) is 5.78 Å². The molecule has 0 spiro atoms. The van der Waals surface area contributed by atoms with E-state index in [1.165, 1.54) is 12.0 Å². The van der Waals surface area contributed by atoms with Gasteiger partial charge < -0.3 is 10.2 Å². The molecule has 31 heavy (non-hydrogen) atoms. The number of fused-ring (bicyclic) bond motifs is 5. The van der Waals surface area contributed by atoms with Gasteiger partial charge >= 0.3 is 5.97 Å². The van der Waals surface area contributed by atoms with Crippen LogP contribution in [0.3, 0.4) is 0 Å². The SMILES string of the molecule is CC(CCC[C@@H](C)[C@@]1(O)CC[C@H]2[C@@H]3CCC4=CC(=O)CC[C@]4(C)[C@H]3CC[C@@]21C)C(=O)O.